The number of furan rings is 1. The predicted molar refractivity (Wildman–Crippen MR) is 184 cm³/mol. The van der Waals surface area contributed by atoms with Crippen LogP contribution < -0.4 is 4.90 Å². The molecule has 0 amide bonds. The maximum Gasteiger partial charge on any atom is 0.144 e. The number of thiophene rings is 1. The Bertz CT molecular complexity index is 2440. The number of para-hydroxylation sites is 1. The van der Waals surface area contributed by atoms with Gasteiger partial charge in [0.15, 0.2) is 0 Å². The van der Waals surface area contributed by atoms with Gasteiger partial charge in [0.25, 0.3) is 0 Å². The van der Waals surface area contributed by atoms with Crippen LogP contribution in [0.25, 0.3) is 64.0 Å². The Morgan fingerprint density at radius 3 is 1.91 bits per heavy atom. The standard InChI is InChI=1S/C40H25NOS/c1-3-10-26(11-4-1)27-18-21-30(22-19-27)41(29-13-5-2-6-14-29)34-16-9-17-35-37(34)38-36(43-35)25-24-33-32-23-20-28-12-7-8-15-31(28)39(32)42-40(33)38/h1-25H. The molecule has 3 heteroatoms. The van der Waals surface area contributed by atoms with Crippen molar-refractivity contribution in [3.8, 4) is 11.1 Å². The quantitative estimate of drug-likeness (QED) is 0.210. The van der Waals surface area contributed by atoms with Crippen molar-refractivity contribution in [2.75, 3.05) is 4.90 Å². The van der Waals surface area contributed by atoms with Gasteiger partial charge in [-0.1, -0.05) is 97.1 Å². The van der Waals surface area contributed by atoms with Gasteiger partial charge >= 0.3 is 0 Å². The summed E-state index contributed by atoms with van der Waals surface area (Å²) in [5.74, 6) is 0. The summed E-state index contributed by atoms with van der Waals surface area (Å²) >= 11 is 1.83. The van der Waals surface area contributed by atoms with Crippen LogP contribution in [-0.4, -0.2) is 0 Å². The molecule has 43 heavy (non-hydrogen) atoms. The number of hydrogen-bond donors (Lipinski definition) is 0. The fraction of sp³-hybridized carbons (Fsp3) is 0. The van der Waals surface area contributed by atoms with Gasteiger partial charge < -0.3 is 9.32 Å². The Kier molecular flexibility index (Phi) is 5.40. The van der Waals surface area contributed by atoms with Crippen molar-refractivity contribution >= 4 is 81.3 Å². The molecule has 0 unspecified atom stereocenters. The van der Waals surface area contributed by atoms with Crippen molar-refractivity contribution in [2.24, 2.45) is 0 Å². The van der Waals surface area contributed by atoms with E-state index in [4.69, 9.17) is 4.42 Å². The molecule has 0 atom stereocenters. The normalized spacial score (nSPS) is 11.7. The van der Waals surface area contributed by atoms with Gasteiger partial charge in [0, 0.05) is 47.7 Å². The van der Waals surface area contributed by atoms with Gasteiger partial charge in [-0.15, -0.1) is 11.3 Å². The molecule has 9 rings (SSSR count). The molecular formula is C40H25NOS. The van der Waals surface area contributed by atoms with Crippen molar-refractivity contribution in [3.63, 3.8) is 0 Å². The molecule has 0 radical (unpaired) electrons. The lowest BCUT2D eigenvalue weighted by Gasteiger charge is -2.26. The van der Waals surface area contributed by atoms with Gasteiger partial charge in [-0.05, 0) is 71.1 Å². The zero-order chi connectivity index (χ0) is 28.3. The average Bonchev–Trinajstić information content (AvgIpc) is 3.65. The molecule has 2 heterocycles. The molecular weight excluding hydrogens is 543 g/mol. The lowest BCUT2D eigenvalue weighted by molar-refractivity contribution is 0.677. The second kappa shape index (κ2) is 9.59. The van der Waals surface area contributed by atoms with E-state index < -0.39 is 0 Å². The van der Waals surface area contributed by atoms with Crippen LogP contribution in [0.5, 0.6) is 0 Å². The number of anilines is 3. The summed E-state index contributed by atoms with van der Waals surface area (Å²) < 4.78 is 9.31. The van der Waals surface area contributed by atoms with Crippen molar-refractivity contribution in [1.82, 2.24) is 0 Å². The van der Waals surface area contributed by atoms with Crippen molar-refractivity contribution < 1.29 is 4.42 Å². The SMILES string of the molecule is c1ccc(-c2ccc(N(c3ccccc3)c3cccc4sc5ccc6c7ccc8ccccc8c7oc6c5c34)cc2)cc1. The minimum Gasteiger partial charge on any atom is -0.455 e. The van der Waals surface area contributed by atoms with E-state index in [1.165, 1.54) is 36.7 Å². The molecule has 0 aliphatic heterocycles. The zero-order valence-electron chi connectivity index (χ0n) is 23.2. The molecule has 0 saturated heterocycles. The first-order valence-corrected chi connectivity index (χ1v) is 15.3. The summed E-state index contributed by atoms with van der Waals surface area (Å²) in [6.45, 7) is 0. The van der Waals surface area contributed by atoms with E-state index in [1.807, 2.05) is 11.3 Å². The maximum atomic E-state index is 6.84. The Labute approximate surface area is 252 Å². The van der Waals surface area contributed by atoms with E-state index in [1.54, 1.807) is 0 Å². The summed E-state index contributed by atoms with van der Waals surface area (Å²) in [5.41, 5.74) is 7.69. The number of rotatable bonds is 4. The van der Waals surface area contributed by atoms with Gasteiger partial charge in [0.2, 0.25) is 0 Å². The van der Waals surface area contributed by atoms with Gasteiger partial charge in [0.1, 0.15) is 11.2 Å². The maximum absolute atomic E-state index is 6.84. The van der Waals surface area contributed by atoms with Crippen LogP contribution in [0.3, 0.4) is 0 Å². The van der Waals surface area contributed by atoms with E-state index in [0.29, 0.717) is 0 Å². The smallest absolute Gasteiger partial charge is 0.144 e. The summed E-state index contributed by atoms with van der Waals surface area (Å²) in [6.07, 6.45) is 0. The average molecular weight is 568 g/mol. The van der Waals surface area contributed by atoms with Crippen LogP contribution in [0.15, 0.2) is 156 Å². The molecule has 0 aliphatic rings. The molecule has 0 spiro atoms. The third kappa shape index (κ3) is 3.79. The fourth-order valence-electron chi connectivity index (χ4n) is 6.47. The molecule has 0 aliphatic carbocycles. The topological polar surface area (TPSA) is 16.4 Å². The highest BCUT2D eigenvalue weighted by Crippen LogP contribution is 2.48. The summed E-state index contributed by atoms with van der Waals surface area (Å²) in [5, 5.41) is 7.04. The molecule has 9 aromatic rings. The first kappa shape index (κ1) is 24.2. The first-order chi connectivity index (χ1) is 21.3. The Morgan fingerprint density at radius 1 is 0.419 bits per heavy atom. The van der Waals surface area contributed by atoms with Crippen molar-refractivity contribution in [2.45, 2.75) is 0 Å². The highest BCUT2D eigenvalue weighted by Gasteiger charge is 2.22. The molecule has 0 fully saturated rings. The van der Waals surface area contributed by atoms with E-state index in [0.717, 1.165) is 44.4 Å². The van der Waals surface area contributed by atoms with Gasteiger partial charge in [-0.2, -0.15) is 0 Å². The summed E-state index contributed by atoms with van der Waals surface area (Å²) in [6, 6.07) is 54.1. The predicted octanol–water partition coefficient (Wildman–Crippen LogP) is 12.2. The lowest BCUT2D eigenvalue weighted by Crippen LogP contribution is -2.10. The highest BCUT2D eigenvalue weighted by atomic mass is 32.1. The summed E-state index contributed by atoms with van der Waals surface area (Å²) in [7, 11) is 0. The number of nitrogens with zero attached hydrogens (tertiary/aromatic N) is 1. The van der Waals surface area contributed by atoms with Crippen LogP contribution in [0.4, 0.5) is 17.1 Å². The Morgan fingerprint density at radius 2 is 1.07 bits per heavy atom. The minimum atomic E-state index is 0.953. The number of fused-ring (bicyclic) bond motifs is 9. The van der Waals surface area contributed by atoms with Crippen molar-refractivity contribution in [1.29, 1.82) is 0 Å². The van der Waals surface area contributed by atoms with Crippen LogP contribution in [0.2, 0.25) is 0 Å². The molecule has 2 aromatic heterocycles. The monoisotopic (exact) mass is 567 g/mol. The van der Waals surface area contributed by atoms with Gasteiger partial charge in [-0.3, -0.25) is 0 Å². The van der Waals surface area contributed by atoms with Crippen molar-refractivity contribution in [3.05, 3.63) is 152 Å². The molecule has 0 N–H and O–H groups in total. The third-order valence-electron chi connectivity index (χ3n) is 8.46. The molecule has 0 saturated carbocycles. The van der Waals surface area contributed by atoms with Crippen LogP contribution in [0.1, 0.15) is 0 Å². The zero-order valence-corrected chi connectivity index (χ0v) is 24.0. The molecule has 0 bridgehead atoms. The van der Waals surface area contributed by atoms with E-state index in [9.17, 15) is 0 Å². The van der Waals surface area contributed by atoms with E-state index in [2.05, 4.69) is 157 Å². The highest BCUT2D eigenvalue weighted by molar-refractivity contribution is 7.26. The first-order valence-electron chi connectivity index (χ1n) is 14.5. The van der Waals surface area contributed by atoms with Crippen LogP contribution in [0, 0.1) is 0 Å². The number of hydrogen-bond acceptors (Lipinski definition) is 3. The third-order valence-corrected chi connectivity index (χ3v) is 9.58. The summed E-state index contributed by atoms with van der Waals surface area (Å²) in [4.78, 5) is 2.38. The van der Waals surface area contributed by atoms with Crippen LogP contribution in [-0.2, 0) is 0 Å². The second-order valence-electron chi connectivity index (χ2n) is 10.9. The van der Waals surface area contributed by atoms with Gasteiger partial charge in [0.05, 0.1) is 5.69 Å². The van der Waals surface area contributed by atoms with Crippen LogP contribution >= 0.6 is 11.3 Å². The fourth-order valence-corrected chi connectivity index (χ4v) is 7.60. The number of benzene rings is 7. The van der Waals surface area contributed by atoms with E-state index in [-0.39, 0.29) is 0 Å². The molecule has 202 valence electrons. The molecule has 2 nitrogen and oxygen atoms in total. The second-order valence-corrected chi connectivity index (χ2v) is 12.0. The molecule has 7 aromatic carbocycles. The van der Waals surface area contributed by atoms with E-state index >= 15 is 0 Å². The lowest BCUT2D eigenvalue weighted by atomic mass is 10.0. The Hall–Kier alpha value is -5.38. The minimum absolute atomic E-state index is 0.953. The Balaban J connectivity index is 1.33. The largest absolute Gasteiger partial charge is 0.455 e. The van der Waals surface area contributed by atoms with Gasteiger partial charge in [-0.25, -0.2) is 0 Å².